The van der Waals surface area contributed by atoms with Crippen molar-refractivity contribution in [2.24, 2.45) is 5.10 Å². The fraction of sp³-hybridized carbons (Fsp3) is 0.184. The Labute approximate surface area is 261 Å². The summed E-state index contributed by atoms with van der Waals surface area (Å²) >= 11 is 0. The van der Waals surface area contributed by atoms with Crippen LogP contribution in [0.2, 0.25) is 0 Å². The second-order valence-electron chi connectivity index (χ2n) is 12.1. The molecule has 0 amide bonds. The number of benzene rings is 4. The Morgan fingerprint density at radius 3 is 2.05 bits per heavy atom. The summed E-state index contributed by atoms with van der Waals surface area (Å²) in [6, 6.07) is 33.6. The summed E-state index contributed by atoms with van der Waals surface area (Å²) in [5, 5.41) is 6.93. The van der Waals surface area contributed by atoms with E-state index in [4.69, 9.17) is 5.10 Å². The van der Waals surface area contributed by atoms with E-state index in [0.29, 0.717) is 6.04 Å². The van der Waals surface area contributed by atoms with Gasteiger partial charge in [0, 0.05) is 23.8 Å². The molecule has 0 spiro atoms. The Bertz CT molecular complexity index is 1750. The molecule has 0 saturated heterocycles. The average molecular weight is 576 g/mol. The van der Waals surface area contributed by atoms with E-state index in [1.165, 1.54) is 44.5 Å². The third-order valence-corrected chi connectivity index (χ3v) is 8.90. The van der Waals surface area contributed by atoms with Gasteiger partial charge in [0.25, 0.3) is 0 Å². The Morgan fingerprint density at radius 1 is 0.682 bits per heavy atom. The number of para-hydroxylation sites is 1. The summed E-state index contributed by atoms with van der Waals surface area (Å²) < 4.78 is 0. The van der Waals surface area contributed by atoms with Crippen molar-refractivity contribution in [1.29, 1.82) is 0 Å². The van der Waals surface area contributed by atoms with Crippen LogP contribution in [-0.2, 0) is 0 Å². The molecule has 44 heavy (non-hydrogen) atoms. The van der Waals surface area contributed by atoms with E-state index in [0.717, 1.165) is 25.4 Å². The van der Waals surface area contributed by atoms with Gasteiger partial charge in [0.15, 0.2) is 0 Å². The predicted molar refractivity (Wildman–Crippen MR) is 188 cm³/mol. The lowest BCUT2D eigenvalue weighted by molar-refractivity contribution is 0.390. The lowest BCUT2D eigenvalue weighted by atomic mass is 9.35. The maximum absolute atomic E-state index is 4.81. The number of allylic oxidation sites excluding steroid dienone is 2. The van der Waals surface area contributed by atoms with Gasteiger partial charge in [-0.2, -0.15) is 5.10 Å². The second kappa shape index (κ2) is 12.0. The molecule has 6 heteroatoms. The first-order chi connectivity index (χ1) is 21.5. The Balaban J connectivity index is 1.23. The van der Waals surface area contributed by atoms with E-state index in [2.05, 4.69) is 168 Å². The molecule has 4 aromatic carbocycles. The molecule has 0 radical (unpaired) electrons. The van der Waals surface area contributed by atoms with Crippen molar-refractivity contribution in [2.45, 2.75) is 33.2 Å². The van der Waals surface area contributed by atoms with Crippen LogP contribution in [0.1, 0.15) is 23.1 Å². The molecular weight excluding hydrogens is 537 g/mol. The highest BCUT2D eigenvalue weighted by Gasteiger charge is 2.28. The van der Waals surface area contributed by atoms with Crippen molar-refractivity contribution in [2.75, 3.05) is 28.1 Å². The van der Waals surface area contributed by atoms with E-state index in [9.17, 15) is 0 Å². The van der Waals surface area contributed by atoms with Crippen LogP contribution in [0.25, 0.3) is 0 Å². The molecule has 4 aromatic rings. The lowest BCUT2D eigenvalue weighted by Crippen LogP contribution is -2.54. The molecule has 1 aliphatic carbocycles. The van der Waals surface area contributed by atoms with Crippen LogP contribution in [0.3, 0.4) is 0 Å². The maximum atomic E-state index is 4.81. The molecule has 2 aliphatic heterocycles. The third-order valence-electron chi connectivity index (χ3n) is 8.90. The molecular formula is C38H38BN5. The SMILES string of the molecule is Cc1cc(C)c(B(c2cccc(N3C=CN(c4ccccc4)C3)c2)c2cccc(N3CN([C@@H]4C=CC=CC4)C=N3)c2)c(C)c1. The number of hydrogen-bond donors (Lipinski definition) is 0. The minimum atomic E-state index is 0.0846. The Hall–Kier alpha value is -4.97. The molecule has 0 bridgehead atoms. The standard InChI is InChI=1S/C38H38BN5/c1-29-22-30(2)38(31(3)23-29)39(32-12-10-18-36(24-32)42-21-20-41(27-42)34-14-6-4-7-15-34)33-13-11-19-37(25-33)44-28-43(26-40-44)35-16-8-5-9-17-35/h4-16,18-26,35H,17,27-28H2,1-3H3/t35-/m1/s1. The first-order valence-corrected chi connectivity index (χ1v) is 15.5. The molecule has 0 unspecified atom stereocenters. The van der Waals surface area contributed by atoms with Gasteiger partial charge in [0.05, 0.1) is 18.4 Å². The van der Waals surface area contributed by atoms with Gasteiger partial charge in [-0.1, -0.05) is 112 Å². The van der Waals surface area contributed by atoms with Gasteiger partial charge >= 0.3 is 0 Å². The van der Waals surface area contributed by atoms with E-state index in [1.54, 1.807) is 0 Å². The quantitative estimate of drug-likeness (QED) is 0.261. The van der Waals surface area contributed by atoms with Crippen molar-refractivity contribution in [3.63, 3.8) is 0 Å². The molecule has 5 nitrogen and oxygen atoms in total. The molecule has 2 heterocycles. The van der Waals surface area contributed by atoms with E-state index >= 15 is 0 Å². The zero-order chi connectivity index (χ0) is 30.0. The summed E-state index contributed by atoms with van der Waals surface area (Å²) in [6.45, 7) is 8.31. The first kappa shape index (κ1) is 27.8. The van der Waals surface area contributed by atoms with Crippen LogP contribution in [-0.4, -0.2) is 37.3 Å². The summed E-state index contributed by atoms with van der Waals surface area (Å²) in [4.78, 5) is 6.91. The van der Waals surface area contributed by atoms with E-state index in [-0.39, 0.29) is 6.71 Å². The average Bonchev–Trinajstić information content (AvgIpc) is 3.75. The first-order valence-electron chi connectivity index (χ1n) is 15.5. The van der Waals surface area contributed by atoms with E-state index < -0.39 is 0 Å². The number of nitrogens with zero attached hydrogens (tertiary/aromatic N) is 5. The number of anilines is 3. The van der Waals surface area contributed by atoms with Gasteiger partial charge in [-0.25, -0.2) is 5.01 Å². The summed E-state index contributed by atoms with van der Waals surface area (Å²) in [5.41, 5.74) is 11.4. The van der Waals surface area contributed by atoms with Crippen molar-refractivity contribution in [1.82, 2.24) is 4.90 Å². The van der Waals surface area contributed by atoms with Crippen LogP contribution in [0.15, 0.2) is 133 Å². The highest BCUT2D eigenvalue weighted by atomic mass is 15.6. The smallest absolute Gasteiger partial charge is 0.242 e. The van der Waals surface area contributed by atoms with Crippen molar-refractivity contribution in [3.05, 3.63) is 144 Å². The summed E-state index contributed by atoms with van der Waals surface area (Å²) in [5.74, 6) is 0. The van der Waals surface area contributed by atoms with Gasteiger partial charge in [-0.3, -0.25) is 0 Å². The van der Waals surface area contributed by atoms with Crippen molar-refractivity contribution < 1.29 is 0 Å². The Morgan fingerprint density at radius 2 is 1.34 bits per heavy atom. The summed E-state index contributed by atoms with van der Waals surface area (Å²) in [6.07, 6.45) is 16.1. The van der Waals surface area contributed by atoms with Crippen molar-refractivity contribution in [3.8, 4) is 0 Å². The highest BCUT2D eigenvalue weighted by Crippen LogP contribution is 2.24. The fourth-order valence-electron chi connectivity index (χ4n) is 6.80. The largest absolute Gasteiger partial charge is 0.335 e. The van der Waals surface area contributed by atoms with Gasteiger partial charge in [0.2, 0.25) is 6.71 Å². The Kier molecular flexibility index (Phi) is 7.57. The van der Waals surface area contributed by atoms with E-state index in [1.807, 2.05) is 6.34 Å². The van der Waals surface area contributed by atoms with Crippen LogP contribution in [0, 0.1) is 20.8 Å². The zero-order valence-electron chi connectivity index (χ0n) is 25.7. The van der Waals surface area contributed by atoms with Crippen LogP contribution in [0.4, 0.5) is 17.1 Å². The van der Waals surface area contributed by atoms with Gasteiger partial charge in [0.1, 0.15) is 13.0 Å². The highest BCUT2D eigenvalue weighted by molar-refractivity contribution is 6.96. The minimum Gasteiger partial charge on any atom is -0.335 e. The number of hydrazone groups is 1. The lowest BCUT2D eigenvalue weighted by Gasteiger charge is -2.27. The molecule has 7 rings (SSSR count). The molecule has 1 atom stereocenters. The molecule has 3 aliphatic rings. The minimum absolute atomic E-state index is 0.0846. The molecule has 0 N–H and O–H groups in total. The third kappa shape index (κ3) is 5.56. The van der Waals surface area contributed by atoms with Crippen LogP contribution in [0.5, 0.6) is 0 Å². The molecule has 218 valence electrons. The predicted octanol–water partition coefficient (Wildman–Crippen LogP) is 5.79. The monoisotopic (exact) mass is 575 g/mol. The van der Waals surface area contributed by atoms with Gasteiger partial charge < -0.3 is 14.7 Å². The van der Waals surface area contributed by atoms with Gasteiger partial charge in [-0.15, -0.1) is 0 Å². The number of aryl methyl sites for hydroxylation is 3. The van der Waals surface area contributed by atoms with Crippen LogP contribution >= 0.6 is 0 Å². The summed E-state index contributed by atoms with van der Waals surface area (Å²) in [7, 11) is 0. The maximum Gasteiger partial charge on any atom is 0.242 e. The number of rotatable bonds is 7. The zero-order valence-corrected chi connectivity index (χ0v) is 25.7. The van der Waals surface area contributed by atoms with Crippen LogP contribution < -0.4 is 31.2 Å². The molecule has 0 saturated carbocycles. The fourth-order valence-corrected chi connectivity index (χ4v) is 6.80. The number of hydrogen-bond acceptors (Lipinski definition) is 5. The normalized spacial score (nSPS) is 17.3. The second-order valence-corrected chi connectivity index (χ2v) is 12.1. The van der Waals surface area contributed by atoms with Gasteiger partial charge in [-0.05, 0) is 63.6 Å². The molecule has 0 aromatic heterocycles. The topological polar surface area (TPSA) is 25.3 Å². The van der Waals surface area contributed by atoms with Crippen molar-refractivity contribution >= 4 is 46.5 Å². The molecule has 0 fully saturated rings.